The summed E-state index contributed by atoms with van der Waals surface area (Å²) < 4.78 is 62.9. The first-order valence-corrected chi connectivity index (χ1v) is 38.3. The number of phosphoric ester groups is 3. The molecule has 2 unspecified atom stereocenters. The van der Waals surface area contributed by atoms with Crippen LogP contribution in [0, 0.1) is 52.8 Å². The van der Waals surface area contributed by atoms with Gasteiger partial charge in [0.1, 0.15) is 36.3 Å². The molecule has 0 saturated carbocycles. The van der Waals surface area contributed by atoms with Gasteiger partial charge >= 0.3 is 23.5 Å². The van der Waals surface area contributed by atoms with E-state index >= 15 is 0 Å². The van der Waals surface area contributed by atoms with Gasteiger partial charge in [-0.15, -0.1) is 0 Å². The maximum Gasteiger partial charge on any atom is 0.481 e. The Balaban J connectivity index is 1.25. The number of rotatable bonds is 49. The summed E-state index contributed by atoms with van der Waals surface area (Å²) in [6, 6.07) is 0. The van der Waals surface area contributed by atoms with Crippen LogP contribution in [0.4, 0.5) is 5.82 Å². The number of aliphatic hydroxyl groups excluding tert-OH is 2. The number of imidazole rings is 1. The van der Waals surface area contributed by atoms with Crippen molar-refractivity contribution in [1.29, 1.82) is 0 Å². The zero-order valence-electron chi connectivity index (χ0n) is 55.2. The Morgan fingerprint density at radius 1 is 0.697 bits per heavy atom. The van der Waals surface area contributed by atoms with Crippen molar-refractivity contribution in [3.8, 4) is 0 Å². The van der Waals surface area contributed by atoms with Gasteiger partial charge in [0.15, 0.2) is 22.8 Å². The van der Waals surface area contributed by atoms with Crippen molar-refractivity contribution in [2.45, 2.75) is 254 Å². The zero-order valence-corrected chi connectivity index (χ0v) is 58.7. The van der Waals surface area contributed by atoms with E-state index in [4.69, 9.17) is 24.0 Å². The van der Waals surface area contributed by atoms with Crippen molar-refractivity contribution in [2.75, 3.05) is 37.8 Å². The molecule has 0 bridgehead atoms. The molecule has 2 aromatic rings. The second-order valence-electron chi connectivity index (χ2n) is 26.9. The molecule has 1 aliphatic heterocycles. The number of hydrogen-bond acceptors (Lipinski definition) is 18. The van der Waals surface area contributed by atoms with Gasteiger partial charge in [-0.05, 0) is 86.4 Å². The Morgan fingerprint density at radius 2 is 1.19 bits per heavy atom. The van der Waals surface area contributed by atoms with Crippen LogP contribution in [0.15, 0.2) is 12.7 Å². The van der Waals surface area contributed by atoms with Crippen LogP contribution in [0.1, 0.15) is 230 Å². The number of nitrogen functional groups attached to an aromatic ring is 1. The molecule has 0 aromatic carbocycles. The number of carbonyl (C=O) groups is 3. The molecule has 2 amide bonds. The Kier molecular flexibility index (Phi) is 37.0. The molecular formula is C61H114N7O17P3S. The summed E-state index contributed by atoms with van der Waals surface area (Å²) in [5.41, 5.74) is 4.30. The first-order chi connectivity index (χ1) is 41.7. The number of unbranched alkanes of at least 4 members (excludes halogenated alkanes) is 13. The van der Waals surface area contributed by atoms with Gasteiger partial charge in [0, 0.05) is 36.6 Å². The predicted molar refractivity (Wildman–Crippen MR) is 348 cm³/mol. The number of fused-ring (bicyclic) bond motifs is 1. The highest BCUT2D eigenvalue weighted by Crippen LogP contribution is 2.61. The van der Waals surface area contributed by atoms with Crippen molar-refractivity contribution in [2.24, 2.45) is 52.8 Å². The third kappa shape index (κ3) is 32.5. The summed E-state index contributed by atoms with van der Waals surface area (Å²) in [7, 11) is -16.5. The number of amides is 2. The summed E-state index contributed by atoms with van der Waals surface area (Å²) >= 11 is 1.18. The van der Waals surface area contributed by atoms with Gasteiger partial charge < -0.3 is 50.9 Å². The van der Waals surface area contributed by atoms with Crippen LogP contribution in [0.2, 0.25) is 0 Å². The molecule has 89 heavy (non-hydrogen) atoms. The number of phosphoric acid groups is 3. The van der Waals surface area contributed by atoms with Crippen LogP contribution < -0.4 is 16.4 Å². The van der Waals surface area contributed by atoms with Gasteiger partial charge in [-0.25, -0.2) is 28.6 Å². The number of ether oxygens (including phenoxy) is 1. The molecule has 15 atom stereocenters. The average molecular weight is 1340 g/mol. The first-order valence-electron chi connectivity index (χ1n) is 32.8. The van der Waals surface area contributed by atoms with Crippen molar-refractivity contribution >= 4 is 69.1 Å². The maximum atomic E-state index is 13.1. The summed E-state index contributed by atoms with van der Waals surface area (Å²) in [6.07, 6.45) is 22.4. The largest absolute Gasteiger partial charge is 0.481 e. The first kappa shape index (κ1) is 80.8. The van der Waals surface area contributed by atoms with E-state index < -0.39 is 84.6 Å². The fraction of sp³-hybridized carbons (Fsp3) is 0.869. The number of hydrogen-bond donors (Lipinski definition) is 9. The smallest absolute Gasteiger partial charge is 0.386 e. The normalized spacial score (nSPS) is 21.0. The molecule has 0 spiro atoms. The van der Waals surface area contributed by atoms with Crippen LogP contribution in [0.25, 0.3) is 11.2 Å². The van der Waals surface area contributed by atoms with E-state index in [2.05, 4.69) is 85.3 Å². The van der Waals surface area contributed by atoms with Gasteiger partial charge in [0.05, 0.1) is 19.5 Å². The lowest BCUT2D eigenvalue weighted by Crippen LogP contribution is -2.46. The number of aromatic nitrogens is 4. The molecule has 3 rings (SSSR count). The Hall–Kier alpha value is -2.44. The standard InChI is InChI=1S/C61H114N7O17P3S/c1-12-13-14-15-16-17-18-19-20-21-22-23-24-25-26-42(2)31-43(3)32-44(4)33-45(5)34-46(6)35-47(7)36-48(8)37-49(9)60(73)89-30-29-63-51(69)27-28-64-58(72)55(71)61(10,11)39-82-88(79,80)85-87(77,78)81-38-50-54(84-86(74,75)76)53(70)59(83-50)68-41-67-52-56(62)65-40-66-57(52)68/h40-50,53-55,59,70-71H,12-39H2,1-11H3,(H,63,69)(H,64,72)(H,77,78)(H,79,80)(H2,62,65,66)(H2,74,75,76)/t42-,43-,44-,45-,46-,47-,48-,49-,50+,53+,54+,55-,59+/m0/s1. The molecule has 2 aromatic heterocycles. The second-order valence-corrected chi connectivity index (χ2v) is 32.2. The van der Waals surface area contributed by atoms with Crippen LogP contribution in [-0.2, 0) is 50.7 Å². The lowest BCUT2D eigenvalue weighted by atomic mass is 9.80. The molecule has 28 heteroatoms. The number of nitrogens with one attached hydrogen (secondary N) is 2. The fourth-order valence-electron chi connectivity index (χ4n) is 12.6. The third-order valence-electron chi connectivity index (χ3n) is 16.8. The van der Waals surface area contributed by atoms with Gasteiger partial charge in [-0.1, -0.05) is 184 Å². The molecule has 0 aliphatic carbocycles. The highest BCUT2D eigenvalue weighted by Gasteiger charge is 2.50. The Labute approximate surface area is 535 Å². The predicted octanol–water partition coefficient (Wildman–Crippen LogP) is 12.4. The molecule has 10 N–H and O–H groups in total. The third-order valence-corrected chi connectivity index (χ3v) is 21.0. The van der Waals surface area contributed by atoms with Gasteiger partial charge in [-0.3, -0.25) is 32.5 Å². The van der Waals surface area contributed by atoms with Gasteiger partial charge in [0.2, 0.25) is 11.8 Å². The molecule has 516 valence electrons. The minimum atomic E-state index is -5.59. The molecule has 1 aliphatic rings. The van der Waals surface area contributed by atoms with Gasteiger partial charge in [-0.2, -0.15) is 4.31 Å². The van der Waals surface area contributed by atoms with Crippen molar-refractivity contribution < 1.29 is 80.5 Å². The quantitative estimate of drug-likeness (QED) is 0.0219. The summed E-state index contributed by atoms with van der Waals surface area (Å²) in [4.78, 5) is 90.0. The van der Waals surface area contributed by atoms with E-state index in [9.17, 15) is 57.9 Å². The van der Waals surface area contributed by atoms with E-state index in [0.717, 1.165) is 47.8 Å². The lowest BCUT2D eigenvalue weighted by molar-refractivity contribution is -0.137. The number of nitrogens with zero attached hydrogens (tertiary/aromatic N) is 4. The van der Waals surface area contributed by atoms with Crippen molar-refractivity contribution in [3.63, 3.8) is 0 Å². The molecular weight excluding hydrogens is 1230 g/mol. The number of nitrogens with two attached hydrogens (primary N) is 1. The topological polar surface area (TPSA) is 364 Å². The molecule has 1 saturated heterocycles. The zero-order chi connectivity index (χ0) is 66.5. The number of thioether (sulfide) groups is 1. The summed E-state index contributed by atoms with van der Waals surface area (Å²) in [5.74, 6) is 3.42. The number of carbonyl (C=O) groups excluding carboxylic acids is 3. The van der Waals surface area contributed by atoms with Crippen molar-refractivity contribution in [1.82, 2.24) is 30.2 Å². The van der Waals surface area contributed by atoms with Crippen LogP contribution >= 0.6 is 35.2 Å². The van der Waals surface area contributed by atoms with Gasteiger partial charge in [0.25, 0.3) is 0 Å². The molecule has 3 heterocycles. The van der Waals surface area contributed by atoms with Crippen LogP contribution in [0.5, 0.6) is 0 Å². The highest BCUT2D eigenvalue weighted by atomic mass is 32.2. The monoisotopic (exact) mass is 1340 g/mol. The summed E-state index contributed by atoms with van der Waals surface area (Å²) in [5, 5.41) is 27.0. The minimum absolute atomic E-state index is 0.0339. The molecule has 24 nitrogen and oxygen atoms in total. The minimum Gasteiger partial charge on any atom is -0.386 e. The number of anilines is 1. The van der Waals surface area contributed by atoms with E-state index in [1.54, 1.807) is 0 Å². The highest BCUT2D eigenvalue weighted by molar-refractivity contribution is 8.13. The molecule has 1 fully saturated rings. The Bertz CT molecular complexity index is 2530. The van der Waals surface area contributed by atoms with E-state index in [1.807, 2.05) is 6.92 Å². The van der Waals surface area contributed by atoms with Crippen LogP contribution in [-0.4, -0.2) is 123 Å². The lowest BCUT2D eigenvalue weighted by Gasteiger charge is -2.30. The second kappa shape index (κ2) is 40.7. The SMILES string of the molecule is CCCCCCCCCCCCCCCC[C@H](C)C[C@H](C)C[C@H](C)C[C@H](C)C[C@H](C)C[C@H](C)C[C@H](C)C[C@H](C)C(=O)SCCNC(=O)CCNC(=O)[C@H](O)C(C)(C)COP(=O)(O)OP(=O)(O)OC[C@H]1O[C@@H](n2cnc3c(N)ncnc32)[C@H](O)[C@@H]1OP(=O)(O)O. The van der Waals surface area contributed by atoms with E-state index in [1.165, 1.54) is 154 Å². The number of aliphatic hydroxyl groups is 2. The van der Waals surface area contributed by atoms with E-state index in [-0.39, 0.29) is 47.5 Å². The average Bonchev–Trinajstić information content (AvgIpc) is 1.65. The fourth-order valence-corrected chi connectivity index (χ4v) is 16.2. The molecule has 0 radical (unpaired) electrons. The maximum absolute atomic E-state index is 13.1. The van der Waals surface area contributed by atoms with E-state index in [0.29, 0.717) is 29.4 Å². The Morgan fingerprint density at radius 3 is 1.72 bits per heavy atom. The van der Waals surface area contributed by atoms with Crippen LogP contribution in [0.3, 0.4) is 0 Å². The summed E-state index contributed by atoms with van der Waals surface area (Å²) in [6.45, 7) is 21.6. The van der Waals surface area contributed by atoms with Crippen molar-refractivity contribution in [3.05, 3.63) is 12.7 Å².